The molecule has 0 fully saturated rings. The number of para-hydroxylation sites is 2. The molecule has 2 aromatic rings. The maximum atomic E-state index is 10.3. The first kappa shape index (κ1) is 13.1. The molecule has 0 aliphatic carbocycles. The van der Waals surface area contributed by atoms with E-state index in [1.807, 2.05) is 25.1 Å². The zero-order valence-corrected chi connectivity index (χ0v) is 11.1. The molecule has 0 amide bonds. The van der Waals surface area contributed by atoms with E-state index in [0.717, 1.165) is 23.4 Å². The lowest BCUT2D eigenvalue weighted by Crippen LogP contribution is -2.40. The van der Waals surface area contributed by atoms with Gasteiger partial charge in [-0.3, -0.25) is 0 Å². The molecule has 3 N–H and O–H groups in total. The summed E-state index contributed by atoms with van der Waals surface area (Å²) in [5.74, 6) is 0.911. The van der Waals surface area contributed by atoms with Crippen molar-refractivity contribution in [2.45, 2.75) is 38.8 Å². The van der Waals surface area contributed by atoms with E-state index in [9.17, 15) is 5.11 Å². The number of nitrogens with two attached hydrogens (primary N) is 1. The molecule has 1 unspecified atom stereocenters. The van der Waals surface area contributed by atoms with E-state index in [1.54, 1.807) is 0 Å². The average Bonchev–Trinajstić information content (AvgIpc) is 2.75. The Kier molecular flexibility index (Phi) is 3.68. The predicted octanol–water partition coefficient (Wildman–Crippen LogP) is 1.70. The van der Waals surface area contributed by atoms with E-state index in [2.05, 4.69) is 22.5 Å². The van der Waals surface area contributed by atoms with Crippen LogP contribution in [0.1, 0.15) is 26.1 Å². The second kappa shape index (κ2) is 5.08. The summed E-state index contributed by atoms with van der Waals surface area (Å²) in [6.45, 7) is 5.15. The number of hydrogen-bond acceptors (Lipinski definition) is 3. The van der Waals surface area contributed by atoms with Crippen molar-refractivity contribution >= 4 is 11.0 Å². The van der Waals surface area contributed by atoms with E-state index in [0.29, 0.717) is 12.8 Å². The summed E-state index contributed by atoms with van der Waals surface area (Å²) >= 11 is 0. The van der Waals surface area contributed by atoms with Gasteiger partial charge in [-0.05, 0) is 25.5 Å². The Morgan fingerprint density at radius 2 is 2.06 bits per heavy atom. The monoisotopic (exact) mass is 247 g/mol. The van der Waals surface area contributed by atoms with Crippen LogP contribution in [0.4, 0.5) is 0 Å². The molecule has 0 saturated carbocycles. The first-order valence-electron chi connectivity index (χ1n) is 6.50. The first-order valence-corrected chi connectivity index (χ1v) is 6.50. The van der Waals surface area contributed by atoms with Gasteiger partial charge >= 0.3 is 0 Å². The lowest BCUT2D eigenvalue weighted by molar-refractivity contribution is 0.0429. The Balaban J connectivity index is 2.44. The van der Waals surface area contributed by atoms with Crippen molar-refractivity contribution in [3.05, 3.63) is 30.1 Å². The van der Waals surface area contributed by atoms with Gasteiger partial charge in [0.25, 0.3) is 0 Å². The minimum atomic E-state index is -0.853. The maximum Gasteiger partial charge on any atom is 0.112 e. The molecule has 1 heterocycles. The van der Waals surface area contributed by atoms with E-state index in [4.69, 9.17) is 5.73 Å². The van der Waals surface area contributed by atoms with Gasteiger partial charge in [-0.2, -0.15) is 0 Å². The Hall–Kier alpha value is -1.39. The number of imidazole rings is 1. The van der Waals surface area contributed by atoms with E-state index in [-0.39, 0.29) is 6.54 Å². The molecular formula is C14H21N3O. The third-order valence-corrected chi connectivity index (χ3v) is 3.58. The van der Waals surface area contributed by atoms with Gasteiger partial charge in [0.05, 0.1) is 16.6 Å². The normalized spacial score (nSPS) is 14.9. The predicted molar refractivity (Wildman–Crippen MR) is 73.4 cm³/mol. The van der Waals surface area contributed by atoms with Crippen LogP contribution in [-0.4, -0.2) is 26.8 Å². The van der Waals surface area contributed by atoms with Gasteiger partial charge in [0, 0.05) is 19.5 Å². The molecule has 4 nitrogen and oxygen atoms in total. The highest BCUT2D eigenvalue weighted by atomic mass is 16.3. The first-order chi connectivity index (χ1) is 8.63. The van der Waals surface area contributed by atoms with Crippen molar-refractivity contribution in [1.82, 2.24) is 9.55 Å². The summed E-state index contributed by atoms with van der Waals surface area (Å²) in [6.07, 6.45) is 1.14. The van der Waals surface area contributed by atoms with Crippen LogP contribution in [0.5, 0.6) is 0 Å². The number of aromatic nitrogens is 2. The fraction of sp³-hybridized carbons (Fsp3) is 0.500. The zero-order valence-electron chi connectivity index (χ0n) is 11.1. The Bertz CT molecular complexity index is 529. The lowest BCUT2D eigenvalue weighted by atomic mass is 9.96. The SMILES string of the molecule is CCn1c(CC(O)(CC)CN)nc2ccccc21. The van der Waals surface area contributed by atoms with Crippen molar-refractivity contribution < 1.29 is 5.11 Å². The maximum absolute atomic E-state index is 10.3. The Morgan fingerprint density at radius 3 is 2.67 bits per heavy atom. The molecule has 0 aliphatic heterocycles. The van der Waals surface area contributed by atoms with Gasteiger partial charge < -0.3 is 15.4 Å². The number of aliphatic hydroxyl groups is 1. The molecule has 4 heteroatoms. The minimum absolute atomic E-state index is 0.260. The molecule has 0 aliphatic rings. The summed E-state index contributed by atoms with van der Waals surface area (Å²) in [7, 11) is 0. The van der Waals surface area contributed by atoms with Crippen molar-refractivity contribution in [3.8, 4) is 0 Å². The summed E-state index contributed by atoms with van der Waals surface area (Å²) in [5.41, 5.74) is 6.90. The van der Waals surface area contributed by atoms with Gasteiger partial charge in [-0.25, -0.2) is 4.98 Å². The van der Waals surface area contributed by atoms with Crippen LogP contribution in [0, 0.1) is 0 Å². The van der Waals surface area contributed by atoms with Gasteiger partial charge in [0.2, 0.25) is 0 Å². The largest absolute Gasteiger partial charge is 0.388 e. The Labute approximate surface area is 107 Å². The van der Waals surface area contributed by atoms with Gasteiger partial charge in [-0.15, -0.1) is 0 Å². The van der Waals surface area contributed by atoms with Gasteiger partial charge in [0.15, 0.2) is 0 Å². The van der Waals surface area contributed by atoms with Crippen LogP contribution in [-0.2, 0) is 13.0 Å². The van der Waals surface area contributed by atoms with Crippen molar-refractivity contribution in [2.75, 3.05) is 6.54 Å². The highest BCUT2D eigenvalue weighted by Crippen LogP contribution is 2.21. The van der Waals surface area contributed by atoms with E-state index >= 15 is 0 Å². The quantitative estimate of drug-likeness (QED) is 0.845. The van der Waals surface area contributed by atoms with Crippen LogP contribution < -0.4 is 5.73 Å². The molecule has 1 aromatic heterocycles. The molecular weight excluding hydrogens is 226 g/mol. The van der Waals surface area contributed by atoms with Gasteiger partial charge in [0.1, 0.15) is 5.82 Å². The average molecular weight is 247 g/mol. The fourth-order valence-electron chi connectivity index (χ4n) is 2.25. The van der Waals surface area contributed by atoms with E-state index < -0.39 is 5.60 Å². The van der Waals surface area contributed by atoms with Crippen LogP contribution in [0.15, 0.2) is 24.3 Å². The number of hydrogen-bond donors (Lipinski definition) is 2. The van der Waals surface area contributed by atoms with Crippen LogP contribution in [0.2, 0.25) is 0 Å². The molecule has 1 atom stereocenters. The number of rotatable bonds is 5. The van der Waals surface area contributed by atoms with Crippen molar-refractivity contribution in [3.63, 3.8) is 0 Å². The second-order valence-corrected chi connectivity index (χ2v) is 4.72. The van der Waals surface area contributed by atoms with Crippen LogP contribution in [0.3, 0.4) is 0 Å². The summed E-state index contributed by atoms with van der Waals surface area (Å²) < 4.78 is 2.14. The molecule has 0 saturated heterocycles. The van der Waals surface area contributed by atoms with Crippen molar-refractivity contribution in [2.24, 2.45) is 5.73 Å². The topological polar surface area (TPSA) is 64.1 Å². The van der Waals surface area contributed by atoms with Gasteiger partial charge in [-0.1, -0.05) is 19.1 Å². The third kappa shape index (κ3) is 2.26. The molecule has 0 radical (unpaired) electrons. The second-order valence-electron chi connectivity index (χ2n) is 4.72. The fourth-order valence-corrected chi connectivity index (χ4v) is 2.25. The zero-order chi connectivity index (χ0) is 13.2. The molecule has 0 bridgehead atoms. The Morgan fingerprint density at radius 1 is 1.33 bits per heavy atom. The summed E-state index contributed by atoms with van der Waals surface area (Å²) in [5, 5.41) is 10.3. The highest BCUT2D eigenvalue weighted by Gasteiger charge is 2.26. The molecule has 98 valence electrons. The molecule has 18 heavy (non-hydrogen) atoms. The molecule has 1 aromatic carbocycles. The highest BCUT2D eigenvalue weighted by molar-refractivity contribution is 5.75. The lowest BCUT2D eigenvalue weighted by Gasteiger charge is -2.24. The summed E-state index contributed by atoms with van der Waals surface area (Å²) in [6, 6.07) is 8.05. The number of nitrogens with zero attached hydrogens (tertiary/aromatic N) is 2. The minimum Gasteiger partial charge on any atom is -0.388 e. The van der Waals surface area contributed by atoms with Crippen LogP contribution >= 0.6 is 0 Å². The van der Waals surface area contributed by atoms with E-state index in [1.165, 1.54) is 0 Å². The van der Waals surface area contributed by atoms with Crippen LogP contribution in [0.25, 0.3) is 11.0 Å². The number of benzene rings is 1. The number of aryl methyl sites for hydroxylation is 1. The standard InChI is InChI=1S/C14H21N3O/c1-3-14(18,10-15)9-13-16-11-7-5-6-8-12(11)17(13)4-2/h5-8,18H,3-4,9-10,15H2,1-2H3. The third-order valence-electron chi connectivity index (χ3n) is 3.58. The smallest absolute Gasteiger partial charge is 0.112 e. The molecule has 2 rings (SSSR count). The van der Waals surface area contributed by atoms with Crippen molar-refractivity contribution in [1.29, 1.82) is 0 Å². The molecule has 0 spiro atoms. The summed E-state index contributed by atoms with van der Waals surface area (Å²) in [4.78, 5) is 4.61. The number of fused-ring (bicyclic) bond motifs is 1.